The third-order valence-electron chi connectivity index (χ3n) is 3.23. The number of hydrogen-bond acceptors (Lipinski definition) is 3. The van der Waals surface area contributed by atoms with E-state index in [0.29, 0.717) is 22.8 Å². The van der Waals surface area contributed by atoms with Crippen LogP contribution in [0, 0.1) is 19.7 Å². The number of hydrogen-bond donors (Lipinski definition) is 1. The van der Waals surface area contributed by atoms with Crippen molar-refractivity contribution < 1.29 is 18.7 Å². The molecule has 0 aliphatic heterocycles. The lowest BCUT2D eigenvalue weighted by molar-refractivity contribution is 0.0699. The molecule has 0 radical (unpaired) electrons. The smallest absolute Gasteiger partial charge is 0.336 e. The quantitative estimate of drug-likeness (QED) is 0.774. The van der Waals surface area contributed by atoms with Gasteiger partial charge in [0.2, 0.25) is 0 Å². The fourth-order valence-electron chi connectivity index (χ4n) is 2.30. The summed E-state index contributed by atoms with van der Waals surface area (Å²) in [5.74, 6) is -0.584. The molecule has 5 heteroatoms. The maximum absolute atomic E-state index is 14.1. The number of fused-ring (bicyclic) bond motifs is 1. The second kappa shape index (κ2) is 4.70. The van der Waals surface area contributed by atoms with Crippen LogP contribution in [0.25, 0.3) is 22.4 Å². The lowest BCUT2D eigenvalue weighted by Gasteiger charge is -2.07. The molecule has 4 nitrogen and oxygen atoms in total. The van der Waals surface area contributed by atoms with Crippen LogP contribution in [0.1, 0.15) is 21.7 Å². The van der Waals surface area contributed by atoms with Crippen LogP contribution < -0.4 is 0 Å². The maximum Gasteiger partial charge on any atom is 0.336 e. The molecule has 106 valence electrons. The minimum absolute atomic E-state index is 0.00616. The number of carboxylic acid groups (broad SMARTS) is 1. The molecule has 2 heterocycles. The van der Waals surface area contributed by atoms with Crippen molar-refractivity contribution in [1.82, 2.24) is 4.98 Å². The number of aromatic carboxylic acids is 1. The van der Waals surface area contributed by atoms with Gasteiger partial charge in [0.25, 0.3) is 0 Å². The summed E-state index contributed by atoms with van der Waals surface area (Å²) >= 11 is 0. The summed E-state index contributed by atoms with van der Waals surface area (Å²) in [4.78, 5) is 15.7. The molecule has 3 aromatic rings. The van der Waals surface area contributed by atoms with E-state index >= 15 is 0 Å². The molecule has 0 saturated heterocycles. The van der Waals surface area contributed by atoms with E-state index in [1.165, 1.54) is 12.1 Å². The average Bonchev–Trinajstić information content (AvgIpc) is 2.84. The largest absolute Gasteiger partial charge is 0.478 e. The van der Waals surface area contributed by atoms with Crippen molar-refractivity contribution >= 4 is 16.9 Å². The molecule has 0 aliphatic carbocycles. The highest BCUT2D eigenvalue weighted by molar-refractivity contribution is 6.04. The monoisotopic (exact) mass is 285 g/mol. The minimum Gasteiger partial charge on any atom is -0.478 e. The van der Waals surface area contributed by atoms with Gasteiger partial charge in [0.05, 0.1) is 5.56 Å². The molecule has 0 spiro atoms. The highest BCUT2D eigenvalue weighted by Crippen LogP contribution is 2.28. The molecule has 2 aromatic heterocycles. The van der Waals surface area contributed by atoms with Crippen LogP contribution >= 0.6 is 0 Å². The molecule has 0 amide bonds. The van der Waals surface area contributed by atoms with E-state index in [9.17, 15) is 14.3 Å². The summed E-state index contributed by atoms with van der Waals surface area (Å²) in [6, 6.07) is 7.78. The molecule has 0 saturated carbocycles. The molecule has 1 N–H and O–H groups in total. The number of halogens is 1. The molecular formula is C16H12FNO3. The Morgan fingerprint density at radius 3 is 2.62 bits per heavy atom. The number of carbonyl (C=O) groups is 1. The molecular weight excluding hydrogens is 273 g/mol. The zero-order valence-corrected chi connectivity index (χ0v) is 11.5. The van der Waals surface area contributed by atoms with E-state index in [0.717, 1.165) is 0 Å². The zero-order valence-electron chi connectivity index (χ0n) is 11.5. The highest BCUT2D eigenvalue weighted by Gasteiger charge is 2.17. The summed E-state index contributed by atoms with van der Waals surface area (Å²) in [6.45, 7) is 3.48. The van der Waals surface area contributed by atoms with Gasteiger partial charge in [-0.2, -0.15) is 0 Å². The number of aromatic nitrogens is 1. The second-order valence-corrected chi connectivity index (χ2v) is 4.91. The Hall–Kier alpha value is -2.69. The van der Waals surface area contributed by atoms with Gasteiger partial charge in [-0.3, -0.25) is 0 Å². The van der Waals surface area contributed by atoms with Crippen molar-refractivity contribution in [2.24, 2.45) is 0 Å². The van der Waals surface area contributed by atoms with E-state index < -0.39 is 11.8 Å². The SMILES string of the molecule is Cc1cc(F)c2nc(-c3ccc(C)o3)cc(C(=O)O)c2c1. The van der Waals surface area contributed by atoms with Crippen molar-refractivity contribution in [3.8, 4) is 11.5 Å². The van der Waals surface area contributed by atoms with Gasteiger partial charge in [0.1, 0.15) is 22.8 Å². The molecule has 0 fully saturated rings. The summed E-state index contributed by atoms with van der Waals surface area (Å²) in [6.07, 6.45) is 0. The van der Waals surface area contributed by atoms with Gasteiger partial charge >= 0.3 is 5.97 Å². The summed E-state index contributed by atoms with van der Waals surface area (Å²) in [7, 11) is 0. The van der Waals surface area contributed by atoms with Crippen LogP contribution in [0.2, 0.25) is 0 Å². The third kappa shape index (κ3) is 2.27. The molecule has 3 rings (SSSR count). The third-order valence-corrected chi connectivity index (χ3v) is 3.23. The van der Waals surface area contributed by atoms with Crippen LogP contribution in [0.4, 0.5) is 4.39 Å². The van der Waals surface area contributed by atoms with Crippen LogP contribution in [0.15, 0.2) is 34.7 Å². The van der Waals surface area contributed by atoms with Crippen molar-refractivity contribution in [3.63, 3.8) is 0 Å². The Balaban J connectivity index is 2.37. The first-order chi connectivity index (χ1) is 9.95. The average molecular weight is 285 g/mol. The predicted octanol–water partition coefficient (Wildman–Crippen LogP) is 3.95. The van der Waals surface area contributed by atoms with E-state index in [1.807, 2.05) is 0 Å². The number of carboxylic acids is 1. The molecule has 1 aromatic carbocycles. The minimum atomic E-state index is -1.13. The number of benzene rings is 1. The van der Waals surface area contributed by atoms with Gasteiger partial charge in [-0.15, -0.1) is 0 Å². The Kier molecular flexibility index (Phi) is 2.97. The van der Waals surface area contributed by atoms with Gasteiger partial charge in [-0.05, 0) is 49.7 Å². The lowest BCUT2D eigenvalue weighted by atomic mass is 10.0. The Morgan fingerprint density at radius 1 is 1.24 bits per heavy atom. The fourth-order valence-corrected chi connectivity index (χ4v) is 2.30. The number of rotatable bonds is 2. The van der Waals surface area contributed by atoms with Gasteiger partial charge in [-0.25, -0.2) is 14.2 Å². The molecule has 21 heavy (non-hydrogen) atoms. The van der Waals surface area contributed by atoms with Crippen LogP contribution in [0.5, 0.6) is 0 Å². The van der Waals surface area contributed by atoms with E-state index in [2.05, 4.69) is 4.98 Å². The first-order valence-corrected chi connectivity index (χ1v) is 6.36. The van der Waals surface area contributed by atoms with Crippen molar-refractivity contribution in [2.75, 3.05) is 0 Å². The molecule has 0 bridgehead atoms. The van der Waals surface area contributed by atoms with Gasteiger partial charge in [0.15, 0.2) is 5.76 Å². The van der Waals surface area contributed by atoms with E-state index in [-0.39, 0.29) is 16.5 Å². The fraction of sp³-hybridized carbons (Fsp3) is 0.125. The Morgan fingerprint density at radius 2 is 2.00 bits per heavy atom. The summed E-state index contributed by atoms with van der Waals surface area (Å²) in [5.41, 5.74) is 0.984. The van der Waals surface area contributed by atoms with Crippen molar-refractivity contribution in [3.05, 3.63) is 53.0 Å². The van der Waals surface area contributed by atoms with Crippen LogP contribution in [-0.2, 0) is 0 Å². The van der Waals surface area contributed by atoms with Gasteiger partial charge in [0, 0.05) is 5.39 Å². The first kappa shape index (κ1) is 13.3. The second-order valence-electron chi connectivity index (χ2n) is 4.91. The molecule has 0 unspecified atom stereocenters. The van der Waals surface area contributed by atoms with E-state index in [4.69, 9.17) is 4.42 Å². The first-order valence-electron chi connectivity index (χ1n) is 6.36. The number of furan rings is 1. The lowest BCUT2D eigenvalue weighted by Crippen LogP contribution is -2.01. The predicted molar refractivity (Wildman–Crippen MR) is 75.8 cm³/mol. The van der Waals surface area contributed by atoms with Crippen LogP contribution in [0.3, 0.4) is 0 Å². The number of pyridine rings is 1. The maximum atomic E-state index is 14.1. The van der Waals surface area contributed by atoms with Crippen molar-refractivity contribution in [1.29, 1.82) is 0 Å². The highest BCUT2D eigenvalue weighted by atomic mass is 19.1. The summed E-state index contributed by atoms with van der Waals surface area (Å²) < 4.78 is 19.5. The standard InChI is InChI=1S/C16H12FNO3/c1-8-5-10-11(16(19)20)7-13(14-4-3-9(2)21-14)18-15(10)12(17)6-8/h3-7H,1-2H3,(H,19,20). The summed E-state index contributed by atoms with van der Waals surface area (Å²) in [5, 5.41) is 9.64. The van der Waals surface area contributed by atoms with Gasteiger partial charge in [-0.1, -0.05) is 0 Å². The Bertz CT molecular complexity index is 867. The zero-order chi connectivity index (χ0) is 15.1. The van der Waals surface area contributed by atoms with Gasteiger partial charge < -0.3 is 9.52 Å². The normalized spacial score (nSPS) is 11.0. The topological polar surface area (TPSA) is 63.3 Å². The van der Waals surface area contributed by atoms with Crippen molar-refractivity contribution in [2.45, 2.75) is 13.8 Å². The Labute approximate surface area is 119 Å². The van der Waals surface area contributed by atoms with Crippen LogP contribution in [-0.4, -0.2) is 16.1 Å². The number of aryl methyl sites for hydroxylation is 2. The molecule has 0 aliphatic rings. The molecule has 0 atom stereocenters. The van der Waals surface area contributed by atoms with E-state index in [1.54, 1.807) is 32.0 Å². The number of nitrogens with zero attached hydrogens (tertiary/aromatic N) is 1.